The molecule has 0 bridgehead atoms. The molecule has 1 aromatic carbocycles. The molecule has 3 N–H and O–H groups in total. The molecule has 0 aliphatic heterocycles. The van der Waals surface area contributed by atoms with Crippen molar-refractivity contribution in [2.24, 2.45) is 0 Å². The number of aromatic nitrogens is 4. The SMILES string of the molecule is CC(O)(c1ccc2ncn(-c3ccnc(N)n3)c2c1)C(F)(F)F. The van der Waals surface area contributed by atoms with Crippen LogP contribution in [0, 0.1) is 0 Å². The van der Waals surface area contributed by atoms with Gasteiger partial charge in [-0.25, -0.2) is 9.97 Å². The maximum Gasteiger partial charge on any atom is 0.421 e. The van der Waals surface area contributed by atoms with E-state index in [1.54, 1.807) is 6.07 Å². The lowest BCUT2D eigenvalue weighted by Gasteiger charge is -2.26. The molecule has 1 atom stereocenters. The molecule has 6 nitrogen and oxygen atoms in total. The summed E-state index contributed by atoms with van der Waals surface area (Å²) in [7, 11) is 0. The lowest BCUT2D eigenvalue weighted by Crippen LogP contribution is -2.39. The van der Waals surface area contributed by atoms with Crippen LogP contribution in [0.15, 0.2) is 36.8 Å². The zero-order valence-electron chi connectivity index (χ0n) is 11.9. The molecule has 0 amide bonds. The first-order valence-corrected chi connectivity index (χ1v) is 6.56. The first-order valence-electron chi connectivity index (χ1n) is 6.56. The standard InChI is InChI=1S/C14H12F3N5O/c1-13(23,14(15,16)17)8-2-3-9-10(6-8)22(7-20-9)11-4-5-19-12(18)21-11/h2-7,23H,1H3,(H2,18,19,21). The van der Waals surface area contributed by atoms with E-state index in [-0.39, 0.29) is 11.5 Å². The average molecular weight is 323 g/mol. The van der Waals surface area contributed by atoms with E-state index in [9.17, 15) is 18.3 Å². The number of hydrogen-bond donors (Lipinski definition) is 2. The zero-order chi connectivity index (χ0) is 16.8. The first kappa shape index (κ1) is 15.2. The number of nitrogens with zero attached hydrogens (tertiary/aromatic N) is 4. The van der Waals surface area contributed by atoms with Crippen molar-refractivity contribution in [3.8, 4) is 5.82 Å². The van der Waals surface area contributed by atoms with Crippen molar-refractivity contribution in [2.75, 3.05) is 5.73 Å². The molecule has 3 aromatic rings. The summed E-state index contributed by atoms with van der Waals surface area (Å²) in [5.41, 5.74) is 3.09. The van der Waals surface area contributed by atoms with Crippen molar-refractivity contribution in [3.63, 3.8) is 0 Å². The lowest BCUT2D eigenvalue weighted by molar-refractivity contribution is -0.258. The van der Waals surface area contributed by atoms with Crippen LogP contribution in [0.1, 0.15) is 12.5 Å². The third kappa shape index (κ3) is 2.48. The summed E-state index contributed by atoms with van der Waals surface area (Å²) in [6.45, 7) is 0.706. The fraction of sp³-hybridized carbons (Fsp3) is 0.214. The Balaban J connectivity index is 2.18. The maximum atomic E-state index is 13.0. The minimum absolute atomic E-state index is 0.0304. The van der Waals surface area contributed by atoms with Gasteiger partial charge in [-0.2, -0.15) is 18.2 Å². The molecule has 0 saturated heterocycles. The van der Waals surface area contributed by atoms with Crippen LogP contribution in [0.2, 0.25) is 0 Å². The number of alkyl halides is 3. The zero-order valence-corrected chi connectivity index (χ0v) is 11.9. The highest BCUT2D eigenvalue weighted by atomic mass is 19.4. The van der Waals surface area contributed by atoms with Gasteiger partial charge in [0.05, 0.1) is 11.0 Å². The van der Waals surface area contributed by atoms with E-state index in [2.05, 4.69) is 15.0 Å². The summed E-state index contributed by atoms with van der Waals surface area (Å²) in [5, 5.41) is 9.82. The van der Waals surface area contributed by atoms with Crippen LogP contribution in [-0.4, -0.2) is 30.8 Å². The van der Waals surface area contributed by atoms with Gasteiger partial charge in [0, 0.05) is 6.20 Å². The molecule has 0 saturated carbocycles. The largest absolute Gasteiger partial charge is 0.421 e. The molecule has 0 aliphatic rings. The summed E-state index contributed by atoms with van der Waals surface area (Å²) in [5.74, 6) is 0.395. The molecule has 0 radical (unpaired) electrons. The van der Waals surface area contributed by atoms with E-state index in [1.165, 1.54) is 35.3 Å². The summed E-state index contributed by atoms with van der Waals surface area (Å²) in [6.07, 6.45) is -1.96. The number of fused-ring (bicyclic) bond motifs is 1. The Morgan fingerprint density at radius 1 is 1.17 bits per heavy atom. The Morgan fingerprint density at radius 3 is 2.57 bits per heavy atom. The van der Waals surface area contributed by atoms with Gasteiger partial charge in [0.25, 0.3) is 0 Å². The van der Waals surface area contributed by atoms with Crippen LogP contribution in [-0.2, 0) is 5.60 Å². The minimum Gasteiger partial charge on any atom is -0.376 e. The number of nitrogen functional groups attached to an aromatic ring is 1. The van der Waals surface area contributed by atoms with Gasteiger partial charge in [0.2, 0.25) is 5.95 Å². The van der Waals surface area contributed by atoms with Crippen LogP contribution in [0.4, 0.5) is 19.1 Å². The van der Waals surface area contributed by atoms with Crippen molar-refractivity contribution in [1.29, 1.82) is 0 Å². The van der Waals surface area contributed by atoms with Crippen molar-refractivity contribution < 1.29 is 18.3 Å². The molecule has 0 fully saturated rings. The van der Waals surface area contributed by atoms with E-state index >= 15 is 0 Å². The number of hydrogen-bond acceptors (Lipinski definition) is 5. The van der Waals surface area contributed by atoms with Gasteiger partial charge in [0.1, 0.15) is 12.1 Å². The molecule has 9 heteroatoms. The molecular formula is C14H12F3N5O. The molecule has 0 spiro atoms. The highest BCUT2D eigenvalue weighted by Crippen LogP contribution is 2.39. The first-order chi connectivity index (χ1) is 10.7. The molecule has 120 valence electrons. The molecule has 0 aliphatic carbocycles. The molecule has 1 unspecified atom stereocenters. The Hall–Kier alpha value is -2.68. The highest BCUT2D eigenvalue weighted by molar-refractivity contribution is 5.78. The third-order valence-electron chi connectivity index (χ3n) is 3.57. The van der Waals surface area contributed by atoms with E-state index < -0.39 is 11.8 Å². The Kier molecular flexibility index (Phi) is 3.25. The van der Waals surface area contributed by atoms with Gasteiger partial charge in [-0.3, -0.25) is 4.57 Å². The Labute approximate surface area is 128 Å². The second-order valence-electron chi connectivity index (χ2n) is 5.16. The molecule has 2 heterocycles. The van der Waals surface area contributed by atoms with Gasteiger partial charge >= 0.3 is 6.18 Å². The average Bonchev–Trinajstić information content (AvgIpc) is 2.89. The van der Waals surface area contributed by atoms with Crippen molar-refractivity contribution >= 4 is 17.0 Å². The van der Waals surface area contributed by atoms with Crippen LogP contribution in [0.3, 0.4) is 0 Å². The second kappa shape index (κ2) is 4.92. The third-order valence-corrected chi connectivity index (χ3v) is 3.57. The summed E-state index contributed by atoms with van der Waals surface area (Å²) in [6, 6.07) is 5.38. The number of anilines is 1. The fourth-order valence-electron chi connectivity index (χ4n) is 2.15. The highest BCUT2D eigenvalue weighted by Gasteiger charge is 2.51. The molecule has 23 heavy (non-hydrogen) atoms. The molecule has 3 rings (SSSR count). The quantitative estimate of drug-likeness (QED) is 0.754. The fourth-order valence-corrected chi connectivity index (χ4v) is 2.15. The van der Waals surface area contributed by atoms with Crippen LogP contribution < -0.4 is 5.73 Å². The van der Waals surface area contributed by atoms with Gasteiger partial charge in [-0.15, -0.1) is 0 Å². The van der Waals surface area contributed by atoms with Crippen molar-refractivity contribution in [3.05, 3.63) is 42.4 Å². The Bertz CT molecular complexity index is 872. The van der Waals surface area contributed by atoms with Crippen molar-refractivity contribution in [2.45, 2.75) is 18.7 Å². The van der Waals surface area contributed by atoms with Gasteiger partial charge in [-0.1, -0.05) is 6.07 Å². The minimum atomic E-state index is -4.80. The predicted molar refractivity (Wildman–Crippen MR) is 76.7 cm³/mol. The summed E-state index contributed by atoms with van der Waals surface area (Å²) in [4.78, 5) is 11.9. The van der Waals surface area contributed by atoms with Crippen molar-refractivity contribution in [1.82, 2.24) is 19.5 Å². The summed E-state index contributed by atoms with van der Waals surface area (Å²) >= 11 is 0. The van der Waals surface area contributed by atoms with E-state index in [0.29, 0.717) is 23.8 Å². The maximum absolute atomic E-state index is 13.0. The Morgan fingerprint density at radius 2 is 1.91 bits per heavy atom. The van der Waals surface area contributed by atoms with Gasteiger partial charge < -0.3 is 10.8 Å². The molecule has 2 aromatic heterocycles. The number of rotatable bonds is 2. The predicted octanol–water partition coefficient (Wildman–Crippen LogP) is 2.17. The number of imidazole rings is 1. The van der Waals surface area contributed by atoms with Gasteiger partial charge in [-0.05, 0) is 30.7 Å². The molecular weight excluding hydrogens is 311 g/mol. The van der Waals surface area contributed by atoms with Crippen LogP contribution in [0.5, 0.6) is 0 Å². The normalized spacial score (nSPS) is 14.8. The van der Waals surface area contributed by atoms with Crippen LogP contribution >= 0.6 is 0 Å². The van der Waals surface area contributed by atoms with Crippen LogP contribution in [0.25, 0.3) is 16.9 Å². The van der Waals surface area contributed by atoms with E-state index in [4.69, 9.17) is 5.73 Å². The van der Waals surface area contributed by atoms with Gasteiger partial charge in [0.15, 0.2) is 5.60 Å². The van der Waals surface area contributed by atoms with E-state index in [0.717, 1.165) is 0 Å². The van der Waals surface area contributed by atoms with E-state index in [1.807, 2.05) is 0 Å². The number of nitrogens with two attached hydrogens (primary N) is 1. The summed E-state index contributed by atoms with van der Waals surface area (Å²) < 4.78 is 40.5. The smallest absolute Gasteiger partial charge is 0.376 e. The second-order valence-corrected chi connectivity index (χ2v) is 5.16. The lowest BCUT2D eigenvalue weighted by atomic mass is 9.95. The topological polar surface area (TPSA) is 89.9 Å². The number of aliphatic hydroxyl groups is 1. The number of halogens is 3. The number of benzene rings is 1. The monoisotopic (exact) mass is 323 g/mol.